The van der Waals surface area contributed by atoms with Crippen molar-refractivity contribution in [3.05, 3.63) is 53.6 Å². The Morgan fingerprint density at radius 3 is 2.47 bits per heavy atom. The molecule has 1 aliphatic rings. The predicted octanol–water partition coefficient (Wildman–Crippen LogP) is 3.62. The van der Waals surface area contributed by atoms with E-state index in [0.717, 1.165) is 16.8 Å². The fraction of sp³-hybridized carbons (Fsp3) is 0.200. The van der Waals surface area contributed by atoms with Crippen molar-refractivity contribution in [2.75, 3.05) is 0 Å². The lowest BCUT2D eigenvalue weighted by atomic mass is 9.76. The molecule has 0 aromatic heterocycles. The molecular formula is C15H15OP. The molecule has 0 saturated heterocycles. The lowest BCUT2D eigenvalue weighted by molar-refractivity contribution is 0.421. The van der Waals surface area contributed by atoms with Gasteiger partial charge in [0.05, 0.1) is 0 Å². The summed E-state index contributed by atoms with van der Waals surface area (Å²) < 4.78 is 6.02. The molecule has 1 heterocycles. The Labute approximate surface area is 104 Å². The van der Waals surface area contributed by atoms with Crippen LogP contribution in [0, 0.1) is 0 Å². The maximum Gasteiger partial charge on any atom is 0.138 e. The summed E-state index contributed by atoms with van der Waals surface area (Å²) in [5, 5.41) is 1.12. The minimum Gasteiger partial charge on any atom is -0.456 e. The number of benzene rings is 2. The van der Waals surface area contributed by atoms with Gasteiger partial charge >= 0.3 is 0 Å². The molecule has 0 fully saturated rings. The summed E-state index contributed by atoms with van der Waals surface area (Å²) in [6.45, 7) is 4.49. The highest BCUT2D eigenvalue weighted by Gasteiger charge is 2.34. The van der Waals surface area contributed by atoms with Gasteiger partial charge in [-0.3, -0.25) is 0 Å². The maximum atomic E-state index is 6.02. The third-order valence-corrected chi connectivity index (χ3v) is 3.95. The van der Waals surface area contributed by atoms with E-state index in [1.165, 1.54) is 11.1 Å². The largest absolute Gasteiger partial charge is 0.456 e. The fourth-order valence-electron chi connectivity index (χ4n) is 2.49. The molecular weight excluding hydrogens is 227 g/mol. The summed E-state index contributed by atoms with van der Waals surface area (Å²) in [5.74, 6) is 1.96. The highest BCUT2D eigenvalue weighted by Crippen LogP contribution is 2.47. The van der Waals surface area contributed by atoms with Gasteiger partial charge in [-0.2, -0.15) is 0 Å². The highest BCUT2D eigenvalue weighted by atomic mass is 31.0. The van der Waals surface area contributed by atoms with E-state index >= 15 is 0 Å². The zero-order chi connectivity index (χ0) is 12.0. The Kier molecular flexibility index (Phi) is 2.27. The van der Waals surface area contributed by atoms with E-state index in [1.54, 1.807) is 0 Å². The molecule has 2 heteroatoms. The van der Waals surface area contributed by atoms with Crippen molar-refractivity contribution in [1.29, 1.82) is 0 Å². The molecule has 3 rings (SSSR count). The van der Waals surface area contributed by atoms with Crippen LogP contribution in [0.5, 0.6) is 11.5 Å². The van der Waals surface area contributed by atoms with Crippen molar-refractivity contribution >= 4 is 14.5 Å². The molecule has 0 aliphatic carbocycles. The number of para-hydroxylation sites is 2. The first-order valence-electron chi connectivity index (χ1n) is 5.77. The van der Waals surface area contributed by atoms with E-state index in [9.17, 15) is 0 Å². The van der Waals surface area contributed by atoms with Crippen molar-refractivity contribution in [3.63, 3.8) is 0 Å². The van der Waals surface area contributed by atoms with Crippen molar-refractivity contribution in [1.82, 2.24) is 0 Å². The van der Waals surface area contributed by atoms with Crippen LogP contribution in [-0.2, 0) is 5.41 Å². The Balaban J connectivity index is 2.31. The smallest absolute Gasteiger partial charge is 0.138 e. The second-order valence-corrected chi connectivity index (χ2v) is 5.57. The van der Waals surface area contributed by atoms with E-state index < -0.39 is 0 Å². The van der Waals surface area contributed by atoms with Gasteiger partial charge in [0.1, 0.15) is 11.5 Å². The van der Waals surface area contributed by atoms with Gasteiger partial charge in [0.2, 0.25) is 0 Å². The lowest BCUT2D eigenvalue weighted by Gasteiger charge is -2.35. The summed E-state index contributed by atoms with van der Waals surface area (Å²) in [4.78, 5) is 0. The fourth-order valence-corrected chi connectivity index (χ4v) is 2.81. The van der Waals surface area contributed by atoms with Crippen LogP contribution < -0.4 is 10.0 Å². The quantitative estimate of drug-likeness (QED) is 0.641. The van der Waals surface area contributed by atoms with Crippen LogP contribution in [0.4, 0.5) is 0 Å². The van der Waals surface area contributed by atoms with Crippen LogP contribution in [-0.4, -0.2) is 0 Å². The Morgan fingerprint density at radius 2 is 1.65 bits per heavy atom. The van der Waals surface area contributed by atoms with Gasteiger partial charge in [0.15, 0.2) is 0 Å². The minimum atomic E-state index is -0.00322. The molecule has 0 saturated carbocycles. The zero-order valence-corrected chi connectivity index (χ0v) is 11.2. The van der Waals surface area contributed by atoms with Crippen molar-refractivity contribution < 1.29 is 4.74 Å². The molecule has 0 spiro atoms. The summed E-state index contributed by atoms with van der Waals surface area (Å²) in [5.41, 5.74) is 2.50. The van der Waals surface area contributed by atoms with Gasteiger partial charge in [0, 0.05) is 21.8 Å². The molecule has 0 radical (unpaired) electrons. The number of fused-ring (bicyclic) bond motifs is 2. The molecule has 17 heavy (non-hydrogen) atoms. The normalized spacial score (nSPS) is 15.7. The molecule has 2 aromatic rings. The zero-order valence-electron chi connectivity index (χ0n) is 10.0. The van der Waals surface area contributed by atoms with E-state index in [-0.39, 0.29) is 5.41 Å². The van der Waals surface area contributed by atoms with E-state index in [2.05, 4.69) is 53.4 Å². The molecule has 0 bridgehead atoms. The number of hydrogen-bond donors (Lipinski definition) is 0. The standard InChI is InChI=1S/C15H15OP/c1-15(2)10-6-3-4-8-12(10)16-14-11(15)7-5-9-13(14)17/h3-9H,17H2,1-2H3. The van der Waals surface area contributed by atoms with Crippen LogP contribution in [0.25, 0.3) is 0 Å². The van der Waals surface area contributed by atoms with Gasteiger partial charge < -0.3 is 4.74 Å². The van der Waals surface area contributed by atoms with Crippen molar-refractivity contribution in [2.24, 2.45) is 0 Å². The average Bonchev–Trinajstić information content (AvgIpc) is 2.31. The molecule has 1 atom stereocenters. The summed E-state index contributed by atoms with van der Waals surface area (Å²) >= 11 is 0. The minimum absolute atomic E-state index is 0.00322. The number of rotatable bonds is 0. The van der Waals surface area contributed by atoms with E-state index in [1.807, 2.05) is 12.1 Å². The summed E-state index contributed by atoms with van der Waals surface area (Å²) in [6, 6.07) is 14.6. The average molecular weight is 242 g/mol. The van der Waals surface area contributed by atoms with Gasteiger partial charge in [-0.25, -0.2) is 0 Å². The van der Waals surface area contributed by atoms with Crippen molar-refractivity contribution in [3.8, 4) is 11.5 Å². The van der Waals surface area contributed by atoms with Crippen molar-refractivity contribution in [2.45, 2.75) is 19.3 Å². The van der Waals surface area contributed by atoms with Crippen LogP contribution in [0.1, 0.15) is 25.0 Å². The third kappa shape index (κ3) is 1.50. The van der Waals surface area contributed by atoms with Crippen LogP contribution in [0.2, 0.25) is 0 Å². The first-order chi connectivity index (χ1) is 8.10. The molecule has 2 aromatic carbocycles. The Hall–Kier alpha value is -1.33. The van der Waals surface area contributed by atoms with E-state index in [0.29, 0.717) is 0 Å². The monoisotopic (exact) mass is 242 g/mol. The predicted molar refractivity (Wildman–Crippen MR) is 74.4 cm³/mol. The number of ether oxygens (including phenoxy) is 1. The van der Waals surface area contributed by atoms with Crippen LogP contribution >= 0.6 is 9.24 Å². The van der Waals surface area contributed by atoms with Crippen LogP contribution in [0.3, 0.4) is 0 Å². The first-order valence-corrected chi connectivity index (χ1v) is 6.35. The van der Waals surface area contributed by atoms with Gasteiger partial charge in [-0.05, 0) is 6.07 Å². The molecule has 86 valence electrons. The summed E-state index contributed by atoms with van der Waals surface area (Å²) in [6.07, 6.45) is 0. The van der Waals surface area contributed by atoms with Crippen LogP contribution in [0.15, 0.2) is 42.5 Å². The second kappa shape index (κ2) is 3.58. The van der Waals surface area contributed by atoms with Gasteiger partial charge in [-0.15, -0.1) is 9.24 Å². The third-order valence-electron chi connectivity index (χ3n) is 3.49. The van der Waals surface area contributed by atoms with Gasteiger partial charge in [0.25, 0.3) is 0 Å². The van der Waals surface area contributed by atoms with E-state index in [4.69, 9.17) is 4.74 Å². The Bertz CT molecular complexity index is 587. The highest BCUT2D eigenvalue weighted by molar-refractivity contribution is 7.27. The number of hydrogen-bond acceptors (Lipinski definition) is 1. The molecule has 1 unspecified atom stereocenters. The SMILES string of the molecule is CC1(C)c2ccccc2Oc2c(P)cccc21. The Morgan fingerprint density at radius 1 is 0.941 bits per heavy atom. The summed E-state index contributed by atoms with van der Waals surface area (Å²) in [7, 11) is 2.75. The molecule has 0 amide bonds. The maximum absolute atomic E-state index is 6.02. The lowest BCUT2D eigenvalue weighted by Crippen LogP contribution is -2.26. The molecule has 0 N–H and O–H groups in total. The first kappa shape index (κ1) is 10.8. The molecule has 1 aliphatic heterocycles. The molecule has 1 nitrogen and oxygen atoms in total. The second-order valence-electron chi connectivity index (χ2n) is 4.95. The topological polar surface area (TPSA) is 9.23 Å². The van der Waals surface area contributed by atoms with Gasteiger partial charge in [-0.1, -0.05) is 50.2 Å².